The van der Waals surface area contributed by atoms with Gasteiger partial charge in [-0.05, 0) is 51.0 Å². The third kappa shape index (κ3) is 12.0. The number of aldehydes is 1. The summed E-state index contributed by atoms with van der Waals surface area (Å²) in [6, 6.07) is 8.50. The van der Waals surface area contributed by atoms with Crippen LogP contribution in [0.1, 0.15) is 33.3 Å². The van der Waals surface area contributed by atoms with Gasteiger partial charge in [0.1, 0.15) is 6.29 Å². The van der Waals surface area contributed by atoms with E-state index >= 15 is 0 Å². The van der Waals surface area contributed by atoms with Crippen molar-refractivity contribution in [3.63, 3.8) is 0 Å². The Morgan fingerprint density at radius 1 is 0.645 bits per heavy atom. The molecule has 1 aromatic rings. The number of carbonyl (C=O) groups excluding carboxylic acids is 1. The van der Waals surface area contributed by atoms with E-state index in [0.29, 0.717) is 5.57 Å². The summed E-state index contributed by atoms with van der Waals surface area (Å²) >= 11 is 0. The summed E-state index contributed by atoms with van der Waals surface area (Å²) < 4.78 is 0. The number of allylic oxidation sites excluding steroid dienone is 15. The number of hydrogen-bond donors (Lipinski definition) is 0. The molecule has 0 saturated carbocycles. The Morgan fingerprint density at radius 2 is 1.10 bits per heavy atom. The fraction of sp³-hybridized carbons (Fsp3) is 0.207. The molecule has 0 aliphatic heterocycles. The smallest absolute Gasteiger partial charge is 0.145 e. The molecule has 0 amide bonds. The maximum Gasteiger partial charge on any atom is 0.145 e. The molecule has 2 nitrogen and oxygen atoms in total. The predicted octanol–water partition coefficient (Wildman–Crippen LogP) is 7.42. The fourth-order valence-electron chi connectivity index (χ4n) is 2.44. The zero-order valence-electron chi connectivity index (χ0n) is 19.7. The summed E-state index contributed by atoms with van der Waals surface area (Å²) in [7, 11) is 4.09. The minimum atomic E-state index is 0.711. The molecule has 31 heavy (non-hydrogen) atoms. The molecule has 162 valence electrons. The highest BCUT2D eigenvalue weighted by molar-refractivity contribution is 5.72. The average molecular weight is 414 g/mol. The summed E-state index contributed by atoms with van der Waals surface area (Å²) in [6.45, 7) is 7.99. The van der Waals surface area contributed by atoms with Gasteiger partial charge >= 0.3 is 0 Å². The highest BCUT2D eigenvalue weighted by atomic mass is 16.1. The maximum absolute atomic E-state index is 10.5. The SMILES string of the molecule is C\C(C=O)=C/C=C/C(C)=C/C=C/C=C(C)/C=C/C=C(C)/C=C/c1ccc(N(C)C)cc1. The van der Waals surface area contributed by atoms with Crippen molar-refractivity contribution < 1.29 is 4.79 Å². The lowest BCUT2D eigenvalue weighted by Crippen LogP contribution is -2.07. The van der Waals surface area contributed by atoms with Gasteiger partial charge in [0.2, 0.25) is 0 Å². The number of benzene rings is 1. The van der Waals surface area contributed by atoms with Crippen LogP contribution >= 0.6 is 0 Å². The van der Waals surface area contributed by atoms with Gasteiger partial charge in [-0.25, -0.2) is 0 Å². The van der Waals surface area contributed by atoms with Crippen LogP contribution in [0.2, 0.25) is 0 Å². The zero-order chi connectivity index (χ0) is 23.1. The van der Waals surface area contributed by atoms with Gasteiger partial charge in [0.05, 0.1) is 0 Å². The summed E-state index contributed by atoms with van der Waals surface area (Å²) in [4.78, 5) is 12.6. The van der Waals surface area contributed by atoms with Crippen LogP contribution in [0.25, 0.3) is 6.08 Å². The van der Waals surface area contributed by atoms with Crippen molar-refractivity contribution in [3.8, 4) is 0 Å². The van der Waals surface area contributed by atoms with Gasteiger partial charge in [0.15, 0.2) is 0 Å². The van der Waals surface area contributed by atoms with Crippen molar-refractivity contribution in [2.45, 2.75) is 27.7 Å². The van der Waals surface area contributed by atoms with Crippen molar-refractivity contribution in [1.29, 1.82) is 0 Å². The number of anilines is 1. The zero-order valence-corrected chi connectivity index (χ0v) is 19.7. The Kier molecular flexibility index (Phi) is 12.1. The lowest BCUT2D eigenvalue weighted by molar-refractivity contribution is -0.104. The average Bonchev–Trinajstić information content (AvgIpc) is 2.75. The van der Waals surface area contributed by atoms with E-state index in [0.717, 1.165) is 11.9 Å². The molecule has 0 heterocycles. The second-order valence-corrected chi connectivity index (χ2v) is 7.68. The van der Waals surface area contributed by atoms with E-state index in [2.05, 4.69) is 79.5 Å². The summed E-state index contributed by atoms with van der Waals surface area (Å²) in [5, 5.41) is 0. The molecule has 0 unspecified atom stereocenters. The van der Waals surface area contributed by atoms with Gasteiger partial charge in [-0.15, -0.1) is 0 Å². The van der Waals surface area contributed by atoms with E-state index in [4.69, 9.17) is 0 Å². The molecule has 0 spiro atoms. The Morgan fingerprint density at radius 3 is 1.58 bits per heavy atom. The van der Waals surface area contributed by atoms with Gasteiger partial charge in [0.25, 0.3) is 0 Å². The van der Waals surface area contributed by atoms with Gasteiger partial charge < -0.3 is 4.90 Å². The Balaban J connectivity index is 2.58. The lowest BCUT2D eigenvalue weighted by Gasteiger charge is -2.11. The van der Waals surface area contributed by atoms with Crippen molar-refractivity contribution >= 4 is 18.0 Å². The quantitative estimate of drug-likeness (QED) is 0.226. The minimum absolute atomic E-state index is 0.711. The molecule has 2 heteroatoms. The highest BCUT2D eigenvalue weighted by Gasteiger charge is 1.93. The molecule has 0 saturated heterocycles. The first-order valence-electron chi connectivity index (χ1n) is 10.4. The van der Waals surface area contributed by atoms with Gasteiger partial charge in [-0.2, -0.15) is 0 Å². The number of nitrogens with zero attached hydrogens (tertiary/aromatic N) is 1. The Labute approximate surface area is 188 Å². The third-order valence-electron chi connectivity index (χ3n) is 4.40. The van der Waals surface area contributed by atoms with Crippen LogP contribution in [0.5, 0.6) is 0 Å². The minimum Gasteiger partial charge on any atom is -0.378 e. The summed E-state index contributed by atoms with van der Waals surface area (Å²) in [5.74, 6) is 0. The molecular weight excluding hydrogens is 378 g/mol. The second-order valence-electron chi connectivity index (χ2n) is 7.68. The van der Waals surface area contributed by atoms with E-state index in [9.17, 15) is 4.79 Å². The number of carbonyl (C=O) groups is 1. The lowest BCUT2D eigenvalue weighted by atomic mass is 10.1. The first kappa shape index (κ1) is 25.6. The molecule has 0 bridgehead atoms. The molecule has 1 aromatic carbocycles. The standard InChI is InChI=1S/C29H35NO/c1-24(11-7-8-12-25(2)14-10-16-27(4)23-31)13-9-15-26(3)17-18-28-19-21-29(22-20-28)30(5)6/h7-23H,1-6H3/b8-7+,13-9+,14-10+,18-17+,24-11+,25-12+,26-15+,27-16+. The number of rotatable bonds is 10. The molecule has 0 N–H and O–H groups in total. The van der Waals surface area contributed by atoms with Crippen molar-refractivity contribution in [2.75, 3.05) is 19.0 Å². The van der Waals surface area contributed by atoms with Crippen LogP contribution in [-0.4, -0.2) is 20.4 Å². The molecule has 1 rings (SSSR count). The van der Waals surface area contributed by atoms with Crippen LogP contribution in [0, 0.1) is 0 Å². The molecular formula is C29H35NO. The van der Waals surface area contributed by atoms with Gasteiger partial charge in [-0.3, -0.25) is 4.79 Å². The van der Waals surface area contributed by atoms with Crippen LogP contribution in [0.3, 0.4) is 0 Å². The molecule has 0 aliphatic carbocycles. The first-order valence-corrected chi connectivity index (χ1v) is 10.4. The molecule has 0 atom stereocenters. The molecule has 0 radical (unpaired) electrons. The largest absolute Gasteiger partial charge is 0.378 e. The van der Waals surface area contributed by atoms with E-state index in [1.54, 1.807) is 13.0 Å². The predicted molar refractivity (Wildman–Crippen MR) is 138 cm³/mol. The van der Waals surface area contributed by atoms with Crippen LogP contribution in [-0.2, 0) is 4.79 Å². The Bertz CT molecular complexity index is 943. The van der Waals surface area contributed by atoms with E-state index in [1.807, 2.05) is 51.4 Å². The topological polar surface area (TPSA) is 20.3 Å². The summed E-state index contributed by atoms with van der Waals surface area (Å²) in [5.41, 5.74) is 6.59. The maximum atomic E-state index is 10.5. The fourth-order valence-corrected chi connectivity index (χ4v) is 2.44. The Hall–Kier alpha value is -3.39. The normalized spacial score (nSPS) is 14.5. The molecule has 0 fully saturated rings. The van der Waals surface area contributed by atoms with Crippen molar-refractivity contribution in [1.82, 2.24) is 0 Å². The highest BCUT2D eigenvalue weighted by Crippen LogP contribution is 2.14. The van der Waals surface area contributed by atoms with Gasteiger partial charge in [0, 0.05) is 19.8 Å². The van der Waals surface area contributed by atoms with Crippen LogP contribution < -0.4 is 4.90 Å². The first-order chi connectivity index (χ1) is 14.8. The van der Waals surface area contributed by atoms with Gasteiger partial charge in [-0.1, -0.05) is 102 Å². The van der Waals surface area contributed by atoms with Crippen molar-refractivity contribution in [2.24, 2.45) is 0 Å². The van der Waals surface area contributed by atoms with E-state index in [1.165, 1.54) is 22.4 Å². The molecule has 0 aromatic heterocycles. The monoisotopic (exact) mass is 413 g/mol. The summed E-state index contributed by atoms with van der Waals surface area (Å²) in [6.07, 6.45) is 25.2. The third-order valence-corrected chi connectivity index (χ3v) is 4.40. The van der Waals surface area contributed by atoms with Crippen LogP contribution in [0.15, 0.2) is 113 Å². The van der Waals surface area contributed by atoms with Crippen molar-refractivity contribution in [3.05, 3.63) is 119 Å². The second kappa shape index (κ2) is 14.6. The number of hydrogen-bond acceptors (Lipinski definition) is 2. The molecule has 0 aliphatic rings. The van der Waals surface area contributed by atoms with E-state index < -0.39 is 0 Å². The van der Waals surface area contributed by atoms with E-state index in [-0.39, 0.29) is 0 Å². The van der Waals surface area contributed by atoms with Crippen LogP contribution in [0.4, 0.5) is 5.69 Å².